The number of nitrogens with one attached hydrogen (secondary N) is 1. The summed E-state index contributed by atoms with van der Waals surface area (Å²) in [6.45, 7) is 6.68. The number of thioether (sulfide) groups is 1. The van der Waals surface area contributed by atoms with Gasteiger partial charge in [-0.1, -0.05) is 68.0 Å². The van der Waals surface area contributed by atoms with Crippen LogP contribution in [0.1, 0.15) is 32.0 Å². The Labute approximate surface area is 190 Å². The van der Waals surface area contributed by atoms with Gasteiger partial charge in [0.2, 0.25) is 11.8 Å². The van der Waals surface area contributed by atoms with E-state index in [1.165, 1.54) is 11.8 Å². The minimum Gasteiger partial charge on any atom is -0.338 e. The predicted molar refractivity (Wildman–Crippen MR) is 123 cm³/mol. The van der Waals surface area contributed by atoms with Gasteiger partial charge in [-0.15, -0.1) is 10.2 Å². The van der Waals surface area contributed by atoms with Crippen molar-refractivity contribution in [2.24, 2.45) is 0 Å². The van der Waals surface area contributed by atoms with Crippen molar-refractivity contribution in [3.63, 3.8) is 0 Å². The van der Waals surface area contributed by atoms with Gasteiger partial charge in [0.15, 0.2) is 11.0 Å². The van der Waals surface area contributed by atoms with Gasteiger partial charge in [-0.05, 0) is 17.7 Å². The lowest BCUT2D eigenvalue weighted by Crippen LogP contribution is -2.15. The van der Waals surface area contributed by atoms with E-state index >= 15 is 0 Å². The van der Waals surface area contributed by atoms with Crippen LogP contribution in [0, 0.1) is 0 Å². The molecule has 3 heterocycles. The lowest BCUT2D eigenvalue weighted by atomic mass is 9.92. The molecule has 0 bridgehead atoms. The highest BCUT2D eigenvalue weighted by Crippen LogP contribution is 2.26. The van der Waals surface area contributed by atoms with Crippen molar-refractivity contribution in [3.8, 4) is 11.4 Å². The van der Waals surface area contributed by atoms with E-state index in [9.17, 15) is 4.79 Å². The lowest BCUT2D eigenvalue weighted by Gasteiger charge is -2.12. The molecular weight excluding hydrogens is 424 g/mol. The molecule has 1 amide bonds. The third-order valence-corrected chi connectivity index (χ3v) is 5.66. The van der Waals surface area contributed by atoms with Crippen LogP contribution in [0.2, 0.25) is 0 Å². The SMILES string of the molecule is CC(C)(C)c1cc(NC(=O)CSc2nnc(-c3cccnc3)n2Cc2ccccc2)on1. The Morgan fingerprint density at radius 2 is 1.94 bits per heavy atom. The zero-order chi connectivity index (χ0) is 22.6. The number of rotatable bonds is 7. The molecule has 3 aromatic heterocycles. The fourth-order valence-corrected chi connectivity index (χ4v) is 3.74. The van der Waals surface area contributed by atoms with Gasteiger partial charge in [-0.2, -0.15) is 0 Å². The quantitative estimate of drug-likeness (QED) is 0.418. The van der Waals surface area contributed by atoms with E-state index in [1.807, 2.05) is 67.8 Å². The summed E-state index contributed by atoms with van der Waals surface area (Å²) in [7, 11) is 0. The zero-order valence-corrected chi connectivity index (χ0v) is 19.0. The summed E-state index contributed by atoms with van der Waals surface area (Å²) in [5.74, 6) is 0.993. The first-order chi connectivity index (χ1) is 15.4. The Bertz CT molecular complexity index is 1180. The predicted octanol–water partition coefficient (Wildman–Crippen LogP) is 4.40. The van der Waals surface area contributed by atoms with E-state index < -0.39 is 0 Å². The Morgan fingerprint density at radius 3 is 2.62 bits per heavy atom. The van der Waals surface area contributed by atoms with E-state index in [1.54, 1.807) is 18.5 Å². The molecule has 0 unspecified atom stereocenters. The Hall–Kier alpha value is -3.46. The number of amides is 1. The average molecular weight is 449 g/mol. The number of carbonyl (C=O) groups excluding carboxylic acids is 1. The first kappa shape index (κ1) is 21.8. The van der Waals surface area contributed by atoms with Gasteiger partial charge in [-0.3, -0.25) is 19.7 Å². The van der Waals surface area contributed by atoms with Gasteiger partial charge in [-0.25, -0.2) is 0 Å². The van der Waals surface area contributed by atoms with Gasteiger partial charge in [0.05, 0.1) is 18.0 Å². The van der Waals surface area contributed by atoms with Crippen LogP contribution < -0.4 is 5.32 Å². The van der Waals surface area contributed by atoms with Crippen molar-refractivity contribution in [2.75, 3.05) is 11.1 Å². The van der Waals surface area contributed by atoms with Gasteiger partial charge in [0.25, 0.3) is 0 Å². The highest BCUT2D eigenvalue weighted by Gasteiger charge is 2.20. The van der Waals surface area contributed by atoms with Crippen molar-refractivity contribution < 1.29 is 9.32 Å². The average Bonchev–Trinajstić information content (AvgIpc) is 3.41. The lowest BCUT2D eigenvalue weighted by molar-refractivity contribution is -0.113. The molecule has 0 fully saturated rings. The van der Waals surface area contributed by atoms with Crippen LogP contribution in [0.15, 0.2) is 70.6 Å². The Kier molecular flexibility index (Phi) is 6.36. The first-order valence-electron chi connectivity index (χ1n) is 10.2. The van der Waals surface area contributed by atoms with Gasteiger partial charge in [0.1, 0.15) is 0 Å². The normalized spacial score (nSPS) is 11.5. The first-order valence-corrected chi connectivity index (χ1v) is 11.2. The molecule has 0 aliphatic carbocycles. The number of hydrogen-bond acceptors (Lipinski definition) is 7. The van der Waals surface area contributed by atoms with Crippen LogP contribution in [0.25, 0.3) is 11.4 Å². The van der Waals surface area contributed by atoms with Crippen molar-refractivity contribution in [3.05, 3.63) is 72.2 Å². The third kappa shape index (κ3) is 5.23. The van der Waals surface area contributed by atoms with Crippen molar-refractivity contribution in [2.45, 2.75) is 37.9 Å². The molecule has 0 radical (unpaired) electrons. The van der Waals surface area contributed by atoms with E-state index in [0.29, 0.717) is 23.4 Å². The molecule has 0 aliphatic rings. The minimum absolute atomic E-state index is 0.155. The summed E-state index contributed by atoms with van der Waals surface area (Å²) in [6.07, 6.45) is 3.47. The monoisotopic (exact) mass is 448 g/mol. The van der Waals surface area contributed by atoms with Gasteiger partial charge >= 0.3 is 0 Å². The molecule has 0 saturated carbocycles. The molecule has 0 aliphatic heterocycles. The summed E-state index contributed by atoms with van der Waals surface area (Å²) in [6, 6.07) is 15.6. The summed E-state index contributed by atoms with van der Waals surface area (Å²) >= 11 is 1.32. The fraction of sp³-hybridized carbons (Fsp3) is 0.261. The van der Waals surface area contributed by atoms with Crippen LogP contribution in [0.5, 0.6) is 0 Å². The molecule has 0 saturated heterocycles. The molecule has 0 atom stereocenters. The second-order valence-electron chi connectivity index (χ2n) is 8.28. The van der Waals surface area contributed by atoms with E-state index in [0.717, 1.165) is 16.8 Å². The number of pyridine rings is 1. The summed E-state index contributed by atoms with van der Waals surface area (Å²) in [4.78, 5) is 16.7. The number of aromatic nitrogens is 5. The minimum atomic E-state index is -0.205. The van der Waals surface area contributed by atoms with E-state index in [2.05, 4.69) is 25.7 Å². The van der Waals surface area contributed by atoms with Crippen molar-refractivity contribution in [1.82, 2.24) is 24.9 Å². The molecule has 32 heavy (non-hydrogen) atoms. The number of anilines is 1. The molecule has 4 aromatic rings. The maximum atomic E-state index is 12.5. The second-order valence-corrected chi connectivity index (χ2v) is 9.23. The van der Waals surface area contributed by atoms with Gasteiger partial charge in [0, 0.05) is 29.4 Å². The highest BCUT2D eigenvalue weighted by molar-refractivity contribution is 7.99. The standard InChI is InChI=1S/C23H24N6O2S/c1-23(2,3)18-12-20(31-28-18)25-19(30)15-32-22-27-26-21(17-10-7-11-24-13-17)29(22)14-16-8-5-4-6-9-16/h4-13H,14-15H2,1-3H3,(H,25,30). The summed E-state index contributed by atoms with van der Waals surface area (Å²) in [5, 5.41) is 16.1. The van der Waals surface area contributed by atoms with Crippen LogP contribution >= 0.6 is 11.8 Å². The molecule has 8 nitrogen and oxygen atoms in total. The van der Waals surface area contributed by atoms with Crippen molar-refractivity contribution in [1.29, 1.82) is 0 Å². The smallest absolute Gasteiger partial charge is 0.237 e. The maximum Gasteiger partial charge on any atom is 0.237 e. The van der Waals surface area contributed by atoms with Crippen LogP contribution in [0.3, 0.4) is 0 Å². The molecule has 1 N–H and O–H groups in total. The van der Waals surface area contributed by atoms with Crippen molar-refractivity contribution >= 4 is 23.6 Å². The van der Waals surface area contributed by atoms with E-state index in [4.69, 9.17) is 4.52 Å². The molecule has 164 valence electrons. The molecule has 9 heteroatoms. The largest absolute Gasteiger partial charge is 0.338 e. The van der Waals surface area contributed by atoms with E-state index in [-0.39, 0.29) is 17.1 Å². The Balaban J connectivity index is 1.50. The van der Waals surface area contributed by atoms with Crippen LogP contribution in [0.4, 0.5) is 5.88 Å². The number of benzene rings is 1. The third-order valence-electron chi connectivity index (χ3n) is 4.69. The summed E-state index contributed by atoms with van der Waals surface area (Å²) in [5.41, 5.74) is 2.60. The maximum absolute atomic E-state index is 12.5. The molecule has 1 aromatic carbocycles. The topological polar surface area (TPSA) is 98.7 Å². The number of hydrogen-bond donors (Lipinski definition) is 1. The zero-order valence-electron chi connectivity index (χ0n) is 18.1. The second kappa shape index (κ2) is 9.35. The molecule has 0 spiro atoms. The number of nitrogens with zero attached hydrogens (tertiary/aromatic N) is 5. The molecule has 4 rings (SSSR count). The van der Waals surface area contributed by atoms with Crippen LogP contribution in [-0.2, 0) is 16.8 Å². The summed E-state index contributed by atoms with van der Waals surface area (Å²) < 4.78 is 7.24. The Morgan fingerprint density at radius 1 is 1.12 bits per heavy atom. The molecular formula is C23H24N6O2S. The fourth-order valence-electron chi connectivity index (χ4n) is 3.00. The number of carbonyl (C=O) groups is 1. The van der Waals surface area contributed by atoms with Crippen LogP contribution in [-0.4, -0.2) is 36.6 Å². The van der Waals surface area contributed by atoms with Gasteiger partial charge < -0.3 is 4.52 Å². The highest BCUT2D eigenvalue weighted by atomic mass is 32.2.